The highest BCUT2D eigenvalue weighted by atomic mass is 19.1. The van der Waals surface area contributed by atoms with Crippen LogP contribution in [0.1, 0.15) is 15.9 Å². The number of ketones is 1. The summed E-state index contributed by atoms with van der Waals surface area (Å²) in [6, 6.07) is 12.7. The number of halogens is 2. The Morgan fingerprint density at radius 3 is 2.42 bits per heavy atom. The van der Waals surface area contributed by atoms with Gasteiger partial charge in [0.15, 0.2) is 23.1 Å². The van der Waals surface area contributed by atoms with Gasteiger partial charge in [0.2, 0.25) is 11.3 Å². The molecule has 0 aliphatic rings. The number of pyridine rings is 3. The summed E-state index contributed by atoms with van der Waals surface area (Å²) in [7, 11) is 4.54. The molecular weight excluding hydrogens is 520 g/mol. The number of carbonyl (C=O) groups is 1. The van der Waals surface area contributed by atoms with E-state index in [9.17, 15) is 14.0 Å². The van der Waals surface area contributed by atoms with Gasteiger partial charge >= 0.3 is 0 Å². The van der Waals surface area contributed by atoms with Crippen LogP contribution in [0.15, 0.2) is 78.0 Å². The monoisotopic (exact) mass is 543 g/mol. The normalized spacial score (nSPS) is 10.9. The van der Waals surface area contributed by atoms with Crippen molar-refractivity contribution < 1.29 is 27.8 Å². The Bertz CT molecular complexity index is 1800. The highest BCUT2D eigenvalue weighted by molar-refractivity contribution is 5.98. The number of Topliss-reactive ketones (excluding diaryl/α,β-unsaturated/α-hetero) is 1. The number of aromatic nitrogens is 3. The summed E-state index contributed by atoms with van der Waals surface area (Å²) in [5.74, 6) is -0.706. The SMILES string of the molecule is COc1cnc2c(Oc3ccc(CC(=O)c4cn(C)c(OC)c(-c5ccc(F)cc5)c4=O)cc3F)ccnc2c1. The van der Waals surface area contributed by atoms with Gasteiger partial charge in [-0.25, -0.2) is 13.8 Å². The molecular formula is C30H23F2N3O5. The summed E-state index contributed by atoms with van der Waals surface area (Å²) < 4.78 is 46.4. The van der Waals surface area contributed by atoms with Crippen LogP contribution in [-0.2, 0) is 13.5 Å². The second-order valence-corrected chi connectivity index (χ2v) is 8.89. The first-order valence-electron chi connectivity index (χ1n) is 12.1. The van der Waals surface area contributed by atoms with E-state index in [1.807, 2.05) is 0 Å². The third-order valence-electron chi connectivity index (χ3n) is 6.29. The molecule has 0 saturated carbocycles. The predicted molar refractivity (Wildman–Crippen MR) is 144 cm³/mol. The number of rotatable bonds is 8. The van der Waals surface area contributed by atoms with Crippen molar-refractivity contribution in [1.82, 2.24) is 14.5 Å². The molecule has 5 aromatic rings. The lowest BCUT2D eigenvalue weighted by molar-refractivity contribution is 0.0991. The van der Waals surface area contributed by atoms with Crippen LogP contribution in [0.3, 0.4) is 0 Å². The highest BCUT2D eigenvalue weighted by Crippen LogP contribution is 2.31. The summed E-state index contributed by atoms with van der Waals surface area (Å²) in [5, 5.41) is 0. The average Bonchev–Trinajstić information content (AvgIpc) is 2.95. The molecule has 10 heteroatoms. The van der Waals surface area contributed by atoms with E-state index < -0.39 is 22.8 Å². The maximum Gasteiger partial charge on any atom is 0.205 e. The van der Waals surface area contributed by atoms with E-state index in [0.717, 1.165) is 0 Å². The molecule has 40 heavy (non-hydrogen) atoms. The van der Waals surface area contributed by atoms with Crippen LogP contribution in [0.4, 0.5) is 8.78 Å². The topological polar surface area (TPSA) is 92.5 Å². The first-order chi connectivity index (χ1) is 19.3. The number of hydrogen-bond donors (Lipinski definition) is 0. The first kappa shape index (κ1) is 26.5. The summed E-state index contributed by atoms with van der Waals surface area (Å²) in [5.41, 5.74) is 1.14. The van der Waals surface area contributed by atoms with Crippen molar-refractivity contribution in [3.8, 4) is 34.3 Å². The molecule has 0 unspecified atom stereocenters. The molecule has 0 amide bonds. The molecule has 0 N–H and O–H groups in total. The van der Waals surface area contributed by atoms with Crippen molar-refractivity contribution >= 4 is 16.8 Å². The number of methoxy groups -OCH3 is 2. The zero-order valence-corrected chi connectivity index (χ0v) is 21.8. The van der Waals surface area contributed by atoms with E-state index in [1.54, 1.807) is 25.2 Å². The predicted octanol–water partition coefficient (Wildman–Crippen LogP) is 5.51. The minimum atomic E-state index is -0.696. The van der Waals surface area contributed by atoms with Gasteiger partial charge in [0, 0.05) is 38.0 Å². The maximum atomic E-state index is 15.1. The van der Waals surface area contributed by atoms with Gasteiger partial charge < -0.3 is 18.8 Å². The molecule has 8 nitrogen and oxygen atoms in total. The number of benzene rings is 2. The third kappa shape index (κ3) is 5.11. The quantitative estimate of drug-likeness (QED) is 0.238. The largest absolute Gasteiger partial charge is 0.495 e. The Labute approximate surface area is 227 Å². The van der Waals surface area contributed by atoms with Gasteiger partial charge in [-0.05, 0) is 35.4 Å². The molecule has 0 saturated heterocycles. The Balaban J connectivity index is 1.42. The van der Waals surface area contributed by atoms with Crippen LogP contribution in [0.25, 0.3) is 22.2 Å². The van der Waals surface area contributed by atoms with Gasteiger partial charge in [0.05, 0.1) is 37.1 Å². The molecule has 0 aliphatic heterocycles. The van der Waals surface area contributed by atoms with Crippen molar-refractivity contribution in [1.29, 1.82) is 0 Å². The standard InChI is InChI=1S/C30H23F2N3O5/c1-35-16-21(29(37)27(30(35)39-3)18-5-7-19(31)8-6-18)24(36)13-17-4-9-25(22(32)12-17)40-26-10-11-33-23-14-20(38-2)15-34-28(23)26/h4-12,14-16H,13H2,1-3H3. The minimum Gasteiger partial charge on any atom is -0.495 e. The number of ether oxygens (including phenoxy) is 3. The van der Waals surface area contributed by atoms with Crippen molar-refractivity contribution in [3.05, 3.63) is 106 Å². The Hall–Kier alpha value is -5.12. The van der Waals surface area contributed by atoms with Crippen LogP contribution in [-0.4, -0.2) is 34.5 Å². The van der Waals surface area contributed by atoms with Gasteiger partial charge in [-0.15, -0.1) is 0 Å². The maximum absolute atomic E-state index is 15.1. The second-order valence-electron chi connectivity index (χ2n) is 8.89. The van der Waals surface area contributed by atoms with Crippen LogP contribution < -0.4 is 19.6 Å². The fourth-order valence-corrected chi connectivity index (χ4v) is 4.35. The molecule has 5 rings (SSSR count). The van der Waals surface area contributed by atoms with Crippen LogP contribution >= 0.6 is 0 Å². The molecule has 0 aliphatic carbocycles. The average molecular weight is 544 g/mol. The Morgan fingerprint density at radius 2 is 1.73 bits per heavy atom. The lowest BCUT2D eigenvalue weighted by atomic mass is 9.99. The fraction of sp³-hybridized carbons (Fsp3) is 0.133. The summed E-state index contributed by atoms with van der Waals surface area (Å²) in [6.45, 7) is 0. The van der Waals surface area contributed by atoms with E-state index in [-0.39, 0.29) is 29.2 Å². The fourth-order valence-electron chi connectivity index (χ4n) is 4.35. The van der Waals surface area contributed by atoms with Crippen molar-refractivity contribution in [2.24, 2.45) is 7.05 Å². The molecule has 0 atom stereocenters. The van der Waals surface area contributed by atoms with Gasteiger partial charge in [-0.3, -0.25) is 14.6 Å². The summed E-state index contributed by atoms with van der Waals surface area (Å²) in [4.78, 5) is 35.1. The number of hydrogen-bond acceptors (Lipinski definition) is 7. The van der Waals surface area contributed by atoms with Crippen LogP contribution in [0.2, 0.25) is 0 Å². The molecule has 0 fully saturated rings. The van der Waals surface area contributed by atoms with Gasteiger partial charge in [-0.1, -0.05) is 18.2 Å². The lowest BCUT2D eigenvalue weighted by Gasteiger charge is -2.15. The number of aryl methyl sites for hydroxylation is 1. The van der Waals surface area contributed by atoms with Gasteiger partial charge in [0.25, 0.3) is 0 Å². The Kier molecular flexibility index (Phi) is 7.24. The van der Waals surface area contributed by atoms with Gasteiger partial charge in [0.1, 0.15) is 17.1 Å². The molecule has 2 aromatic carbocycles. The van der Waals surface area contributed by atoms with E-state index >= 15 is 4.39 Å². The number of carbonyl (C=O) groups excluding carboxylic acids is 1. The van der Waals surface area contributed by atoms with E-state index in [1.165, 1.54) is 73.8 Å². The molecule has 0 radical (unpaired) electrons. The summed E-state index contributed by atoms with van der Waals surface area (Å²) in [6.07, 6.45) is 4.16. The van der Waals surface area contributed by atoms with Gasteiger partial charge in [-0.2, -0.15) is 0 Å². The highest BCUT2D eigenvalue weighted by Gasteiger charge is 2.22. The van der Waals surface area contributed by atoms with Crippen molar-refractivity contribution in [2.45, 2.75) is 6.42 Å². The number of nitrogens with zero attached hydrogens (tertiary/aromatic N) is 3. The second kappa shape index (κ2) is 10.9. The lowest BCUT2D eigenvalue weighted by Crippen LogP contribution is -2.22. The van der Waals surface area contributed by atoms with E-state index in [2.05, 4.69) is 9.97 Å². The van der Waals surface area contributed by atoms with Crippen molar-refractivity contribution in [2.75, 3.05) is 14.2 Å². The number of fused-ring (bicyclic) bond motifs is 1. The molecule has 3 aromatic heterocycles. The molecule has 0 bridgehead atoms. The smallest absolute Gasteiger partial charge is 0.205 e. The van der Waals surface area contributed by atoms with Crippen molar-refractivity contribution in [3.63, 3.8) is 0 Å². The van der Waals surface area contributed by atoms with Crippen LogP contribution in [0.5, 0.6) is 23.1 Å². The first-order valence-corrected chi connectivity index (χ1v) is 12.1. The zero-order chi connectivity index (χ0) is 28.4. The third-order valence-corrected chi connectivity index (χ3v) is 6.29. The molecule has 202 valence electrons. The van der Waals surface area contributed by atoms with E-state index in [4.69, 9.17) is 14.2 Å². The Morgan fingerprint density at radius 1 is 0.950 bits per heavy atom. The zero-order valence-electron chi connectivity index (χ0n) is 21.8. The summed E-state index contributed by atoms with van der Waals surface area (Å²) >= 11 is 0. The van der Waals surface area contributed by atoms with E-state index in [0.29, 0.717) is 33.7 Å². The minimum absolute atomic E-state index is 0.0692. The molecule has 0 spiro atoms. The molecule has 3 heterocycles. The van der Waals surface area contributed by atoms with Crippen LogP contribution in [0, 0.1) is 11.6 Å².